The molecule has 0 aliphatic carbocycles. The van der Waals surface area contributed by atoms with Gasteiger partial charge in [-0.15, -0.1) is 0 Å². The molecular weight excluding hydrogens is 532 g/mol. The largest absolute Gasteiger partial charge is 0.507 e. The number of carbonyl (C=O) groups is 2. The second kappa shape index (κ2) is 11.6. The lowest BCUT2D eigenvalue weighted by Crippen LogP contribution is -2.21. The second-order valence-corrected chi connectivity index (χ2v) is 16.2. The first kappa shape index (κ1) is 34.1. The van der Waals surface area contributed by atoms with E-state index in [1.165, 1.54) is 0 Å². The molecule has 232 valence electrons. The van der Waals surface area contributed by atoms with Gasteiger partial charge in [-0.05, 0) is 76.0 Å². The number of hydrogen-bond donors (Lipinski definition) is 1. The Kier molecular flexibility index (Phi) is 9.19. The number of ether oxygens (including phenoxy) is 1. The van der Waals surface area contributed by atoms with E-state index in [9.17, 15) is 14.7 Å². The molecule has 3 aromatic rings. The summed E-state index contributed by atoms with van der Waals surface area (Å²) in [4.78, 5) is 27.4. The lowest BCUT2D eigenvalue weighted by atomic mass is 9.78. The van der Waals surface area contributed by atoms with Gasteiger partial charge in [-0.2, -0.15) is 0 Å². The molecule has 1 N–H and O–H groups in total. The van der Waals surface area contributed by atoms with E-state index in [-0.39, 0.29) is 22.4 Å². The lowest BCUT2D eigenvalue weighted by Gasteiger charge is -2.28. The fourth-order valence-corrected chi connectivity index (χ4v) is 5.41. The zero-order chi connectivity index (χ0) is 32.9. The zero-order valence-corrected chi connectivity index (χ0v) is 28.9. The van der Waals surface area contributed by atoms with Crippen LogP contribution in [0, 0.1) is 6.92 Å². The molecule has 0 amide bonds. The van der Waals surface area contributed by atoms with Gasteiger partial charge in [0.05, 0.1) is 11.5 Å². The average Bonchev–Trinajstić information content (AvgIpc) is 2.83. The predicted molar refractivity (Wildman–Crippen MR) is 178 cm³/mol. The highest BCUT2D eigenvalue weighted by molar-refractivity contribution is 5.93. The van der Waals surface area contributed by atoms with E-state index in [1.807, 2.05) is 66.7 Å². The second-order valence-electron chi connectivity index (χ2n) is 16.2. The molecular formula is C39H52O4. The third-order valence-corrected chi connectivity index (χ3v) is 8.21. The van der Waals surface area contributed by atoms with Crippen molar-refractivity contribution < 1.29 is 19.4 Å². The minimum atomic E-state index is -0.609. The number of carbonyl (C=O) groups excluding carboxylic acids is 2. The maximum absolute atomic E-state index is 13.9. The average molecular weight is 585 g/mol. The summed E-state index contributed by atoms with van der Waals surface area (Å²) in [5.41, 5.74) is 5.46. The van der Waals surface area contributed by atoms with Crippen molar-refractivity contribution >= 4 is 11.8 Å². The molecule has 1 unspecified atom stereocenters. The Hall–Kier alpha value is -3.40. The number of phenols is 1. The van der Waals surface area contributed by atoms with Crippen LogP contribution in [0.2, 0.25) is 0 Å². The minimum Gasteiger partial charge on any atom is -0.507 e. The number of hydrogen-bond acceptors (Lipinski definition) is 4. The third-order valence-electron chi connectivity index (χ3n) is 8.21. The van der Waals surface area contributed by atoms with Crippen LogP contribution in [0.1, 0.15) is 145 Å². The van der Waals surface area contributed by atoms with Crippen molar-refractivity contribution in [2.24, 2.45) is 0 Å². The molecule has 0 heterocycles. The van der Waals surface area contributed by atoms with Crippen LogP contribution in [0.25, 0.3) is 0 Å². The molecule has 0 saturated carbocycles. The molecule has 3 aromatic carbocycles. The van der Waals surface area contributed by atoms with Crippen LogP contribution in [0.5, 0.6) is 11.5 Å². The van der Waals surface area contributed by atoms with E-state index in [0.717, 1.165) is 22.3 Å². The number of aryl methyl sites for hydroxylation is 1. The van der Waals surface area contributed by atoms with Gasteiger partial charge >= 0.3 is 5.97 Å². The topological polar surface area (TPSA) is 63.6 Å². The lowest BCUT2D eigenvalue weighted by molar-refractivity contribution is -0.117. The Morgan fingerprint density at radius 3 is 1.51 bits per heavy atom. The van der Waals surface area contributed by atoms with Gasteiger partial charge in [0.15, 0.2) is 0 Å². The van der Waals surface area contributed by atoms with Crippen LogP contribution in [0.4, 0.5) is 0 Å². The molecule has 0 aromatic heterocycles. The van der Waals surface area contributed by atoms with Crippen molar-refractivity contribution in [3.63, 3.8) is 0 Å². The summed E-state index contributed by atoms with van der Waals surface area (Å²) in [6.07, 6.45) is 0. The van der Waals surface area contributed by atoms with Gasteiger partial charge < -0.3 is 9.84 Å². The smallest absolute Gasteiger partial charge is 0.343 e. The van der Waals surface area contributed by atoms with Gasteiger partial charge in [-0.3, -0.25) is 4.79 Å². The molecule has 0 radical (unpaired) electrons. The summed E-state index contributed by atoms with van der Waals surface area (Å²) in [7, 11) is 0. The number of esters is 1. The zero-order valence-electron chi connectivity index (χ0n) is 28.9. The van der Waals surface area contributed by atoms with E-state index >= 15 is 0 Å². The molecule has 4 heteroatoms. The van der Waals surface area contributed by atoms with Crippen molar-refractivity contribution in [2.75, 3.05) is 0 Å². The summed E-state index contributed by atoms with van der Waals surface area (Å²) < 4.78 is 6.19. The number of rotatable bonds is 5. The maximum Gasteiger partial charge on any atom is 0.343 e. The summed E-state index contributed by atoms with van der Waals surface area (Å²) in [5, 5.41) is 11.2. The Labute approximate surface area is 259 Å². The number of benzene rings is 3. The Morgan fingerprint density at radius 1 is 0.651 bits per heavy atom. The highest BCUT2D eigenvalue weighted by atomic mass is 16.5. The summed E-state index contributed by atoms with van der Waals surface area (Å²) >= 11 is 0. The van der Waals surface area contributed by atoms with Crippen molar-refractivity contribution in [2.45, 2.75) is 125 Å². The van der Waals surface area contributed by atoms with Crippen molar-refractivity contribution in [1.82, 2.24) is 0 Å². The number of ketones is 1. The van der Waals surface area contributed by atoms with Crippen LogP contribution >= 0.6 is 0 Å². The fraction of sp³-hybridized carbons (Fsp3) is 0.487. The molecule has 0 saturated heterocycles. The summed E-state index contributed by atoms with van der Waals surface area (Å²) in [6.45, 7) is 28.6. The molecule has 0 aliphatic heterocycles. The van der Waals surface area contributed by atoms with Crippen LogP contribution in [-0.2, 0) is 26.5 Å². The molecule has 0 bridgehead atoms. The standard InChI is InChI=1S/C39H52O4/c1-23-15-16-26(36(3,4)5)21-28(23)33(24(2)40)29-22-27(37(6,7)8)17-18-32(29)43-35(42)25-19-30(38(9,10)11)34(41)31(20-25)39(12,13)14/h15-22,33,41H,1-14H3. The van der Waals surface area contributed by atoms with Crippen LogP contribution < -0.4 is 4.74 Å². The quantitative estimate of drug-likeness (QED) is 0.239. The van der Waals surface area contributed by atoms with E-state index < -0.39 is 22.7 Å². The Bertz CT molecular complexity index is 1490. The van der Waals surface area contributed by atoms with Crippen molar-refractivity contribution in [1.29, 1.82) is 0 Å². The molecule has 0 spiro atoms. The highest BCUT2D eigenvalue weighted by Gasteiger charge is 2.31. The van der Waals surface area contributed by atoms with Crippen LogP contribution in [-0.4, -0.2) is 16.9 Å². The molecule has 3 rings (SSSR count). The molecule has 0 aliphatic rings. The van der Waals surface area contributed by atoms with Gasteiger partial charge in [0.25, 0.3) is 0 Å². The Morgan fingerprint density at radius 2 is 1.09 bits per heavy atom. The third kappa shape index (κ3) is 7.58. The van der Waals surface area contributed by atoms with E-state index in [0.29, 0.717) is 28.0 Å². The van der Waals surface area contributed by atoms with E-state index in [4.69, 9.17) is 4.74 Å². The van der Waals surface area contributed by atoms with Gasteiger partial charge in [0.2, 0.25) is 0 Å². The first-order chi connectivity index (χ1) is 19.4. The molecule has 1 atom stereocenters. The first-order valence-electron chi connectivity index (χ1n) is 15.3. The van der Waals surface area contributed by atoms with Crippen molar-refractivity contribution in [3.05, 3.63) is 93.0 Å². The van der Waals surface area contributed by atoms with Gasteiger partial charge in [0, 0.05) is 16.7 Å². The van der Waals surface area contributed by atoms with Crippen molar-refractivity contribution in [3.8, 4) is 11.5 Å². The Balaban J connectivity index is 2.27. The fourth-order valence-electron chi connectivity index (χ4n) is 5.41. The molecule has 4 nitrogen and oxygen atoms in total. The monoisotopic (exact) mass is 584 g/mol. The maximum atomic E-state index is 13.9. The van der Waals surface area contributed by atoms with E-state index in [2.05, 4.69) is 59.7 Å². The number of Topliss-reactive ketones (excluding diaryl/α,β-unsaturated/α-hetero) is 1. The number of aromatic hydroxyl groups is 1. The normalized spacial score (nSPS) is 13.5. The van der Waals surface area contributed by atoms with E-state index in [1.54, 1.807) is 19.1 Å². The summed E-state index contributed by atoms with van der Waals surface area (Å²) in [6, 6.07) is 15.6. The molecule has 0 fully saturated rings. The molecule has 43 heavy (non-hydrogen) atoms. The first-order valence-corrected chi connectivity index (χ1v) is 15.3. The number of phenolic OH excluding ortho intramolecular Hbond substituents is 1. The minimum absolute atomic E-state index is 0.0211. The highest BCUT2D eigenvalue weighted by Crippen LogP contribution is 2.42. The SMILES string of the molecule is CC(=O)C(c1cc(C(C)(C)C)ccc1C)c1cc(C(C)(C)C)ccc1OC(=O)c1cc(C(C)(C)C)c(O)c(C(C)(C)C)c1. The van der Waals surface area contributed by atoms with Crippen LogP contribution in [0.15, 0.2) is 48.5 Å². The summed E-state index contributed by atoms with van der Waals surface area (Å²) in [5.74, 6) is -0.586. The van der Waals surface area contributed by atoms with Gasteiger partial charge in [0.1, 0.15) is 17.3 Å². The van der Waals surface area contributed by atoms with Crippen LogP contribution in [0.3, 0.4) is 0 Å². The van der Waals surface area contributed by atoms with Gasteiger partial charge in [-0.1, -0.05) is 113 Å². The predicted octanol–water partition coefficient (Wildman–Crippen LogP) is 9.83. The van der Waals surface area contributed by atoms with Gasteiger partial charge in [-0.25, -0.2) is 4.79 Å².